The zero-order valence-corrected chi connectivity index (χ0v) is 18.9. The summed E-state index contributed by atoms with van der Waals surface area (Å²) in [6.07, 6.45) is 2.24. The van der Waals surface area contributed by atoms with E-state index in [0.717, 1.165) is 46.9 Å². The predicted octanol–water partition coefficient (Wildman–Crippen LogP) is 3.82. The van der Waals surface area contributed by atoms with Crippen LogP contribution in [-0.4, -0.2) is 44.4 Å². The van der Waals surface area contributed by atoms with E-state index in [1.807, 2.05) is 32.4 Å². The number of aryl methyl sites for hydroxylation is 2. The first kappa shape index (κ1) is 21.1. The first-order valence-corrected chi connectivity index (χ1v) is 10.9. The van der Waals surface area contributed by atoms with Gasteiger partial charge in [-0.1, -0.05) is 17.7 Å². The largest absolute Gasteiger partial charge is 0.368 e. The Morgan fingerprint density at radius 3 is 2.45 bits per heavy atom. The second kappa shape index (κ2) is 8.17. The van der Waals surface area contributed by atoms with Crippen molar-refractivity contribution in [2.24, 2.45) is 0 Å². The lowest BCUT2D eigenvalue weighted by molar-refractivity contribution is 0.232. The quantitative estimate of drug-likeness (QED) is 0.526. The van der Waals surface area contributed by atoms with Gasteiger partial charge in [-0.2, -0.15) is 5.10 Å². The van der Waals surface area contributed by atoms with Crippen LogP contribution in [0.15, 0.2) is 24.3 Å². The maximum atomic E-state index is 12.0. The van der Waals surface area contributed by atoms with E-state index in [1.165, 1.54) is 5.56 Å². The maximum absolute atomic E-state index is 12.0. The van der Waals surface area contributed by atoms with Crippen molar-refractivity contribution in [2.75, 3.05) is 18.4 Å². The van der Waals surface area contributed by atoms with Gasteiger partial charge in [0.05, 0.1) is 16.8 Å². The summed E-state index contributed by atoms with van der Waals surface area (Å²) in [5.41, 5.74) is 3.61. The normalized spacial score (nSPS) is 14.0. The summed E-state index contributed by atoms with van der Waals surface area (Å²) >= 11 is 0. The number of aromatic nitrogens is 4. The van der Waals surface area contributed by atoms with Crippen LogP contribution < -0.4 is 16.0 Å². The molecule has 4 rings (SSSR count). The Balaban J connectivity index is 1.58. The van der Waals surface area contributed by atoms with E-state index in [-0.39, 0.29) is 11.6 Å². The number of benzene rings is 1. The summed E-state index contributed by atoms with van der Waals surface area (Å²) in [7, 11) is 0. The van der Waals surface area contributed by atoms with Crippen LogP contribution in [0.25, 0.3) is 16.7 Å². The highest BCUT2D eigenvalue weighted by atomic mass is 16.2. The molecule has 2 aromatic heterocycles. The molecule has 0 radical (unpaired) electrons. The standard InChI is InChI=1S/C23H31N7O/c1-14-6-10-17(11-7-14)30-21-18(15(2)29-30)20(26-19(27-21)16-8-9-16)24-12-13-25-22(31)28-23(3,4)5/h6-7,10-11,16H,8-9,12-13H2,1-5H3,(H,24,26,27)(H2,25,28,31). The molecule has 0 unspecified atom stereocenters. The number of nitrogens with zero attached hydrogens (tertiary/aromatic N) is 4. The number of amides is 2. The van der Waals surface area contributed by atoms with Crippen LogP contribution in [0.5, 0.6) is 0 Å². The second-order valence-corrected chi connectivity index (χ2v) is 9.29. The molecule has 0 saturated heterocycles. The van der Waals surface area contributed by atoms with Gasteiger partial charge in [0.15, 0.2) is 5.65 Å². The molecule has 31 heavy (non-hydrogen) atoms. The van der Waals surface area contributed by atoms with Gasteiger partial charge in [-0.05, 0) is 59.6 Å². The SMILES string of the molecule is Cc1ccc(-n2nc(C)c3c(NCCNC(=O)NC(C)(C)C)nc(C4CC4)nc32)cc1. The lowest BCUT2D eigenvalue weighted by Crippen LogP contribution is -2.47. The summed E-state index contributed by atoms with van der Waals surface area (Å²) in [5.74, 6) is 2.06. The number of carbonyl (C=O) groups excluding carboxylic acids is 1. The van der Waals surface area contributed by atoms with Crippen molar-refractivity contribution in [1.82, 2.24) is 30.4 Å². The topological polar surface area (TPSA) is 96.8 Å². The average Bonchev–Trinajstić information content (AvgIpc) is 3.48. The Labute approximate surface area is 182 Å². The lowest BCUT2D eigenvalue weighted by Gasteiger charge is -2.20. The maximum Gasteiger partial charge on any atom is 0.315 e. The van der Waals surface area contributed by atoms with Gasteiger partial charge in [-0.15, -0.1) is 0 Å². The van der Waals surface area contributed by atoms with Gasteiger partial charge in [0, 0.05) is 24.5 Å². The molecule has 0 spiro atoms. The van der Waals surface area contributed by atoms with E-state index in [1.54, 1.807) is 0 Å². The summed E-state index contributed by atoms with van der Waals surface area (Å²) in [5, 5.41) is 14.9. The molecule has 1 aliphatic rings. The third-order valence-corrected chi connectivity index (χ3v) is 5.13. The van der Waals surface area contributed by atoms with Crippen molar-refractivity contribution in [3.63, 3.8) is 0 Å². The highest BCUT2D eigenvalue weighted by Crippen LogP contribution is 2.40. The number of hydrogen-bond acceptors (Lipinski definition) is 5. The number of rotatable bonds is 6. The highest BCUT2D eigenvalue weighted by Gasteiger charge is 2.29. The minimum Gasteiger partial charge on any atom is -0.368 e. The molecule has 0 atom stereocenters. The summed E-state index contributed by atoms with van der Waals surface area (Å²) in [4.78, 5) is 21.7. The van der Waals surface area contributed by atoms with Crippen LogP contribution in [0.4, 0.5) is 10.6 Å². The van der Waals surface area contributed by atoms with E-state index in [4.69, 9.17) is 15.1 Å². The first-order valence-electron chi connectivity index (χ1n) is 10.9. The molecule has 8 heteroatoms. The number of carbonyl (C=O) groups is 1. The van der Waals surface area contributed by atoms with E-state index in [2.05, 4.69) is 47.1 Å². The molecule has 2 heterocycles. The summed E-state index contributed by atoms with van der Waals surface area (Å²) < 4.78 is 1.90. The molecule has 164 valence electrons. The molecule has 1 aromatic carbocycles. The smallest absolute Gasteiger partial charge is 0.315 e. The number of nitrogens with one attached hydrogen (secondary N) is 3. The van der Waals surface area contributed by atoms with E-state index in [9.17, 15) is 4.79 Å². The van der Waals surface area contributed by atoms with Crippen molar-refractivity contribution in [2.45, 2.75) is 58.9 Å². The van der Waals surface area contributed by atoms with E-state index < -0.39 is 0 Å². The number of anilines is 1. The molecule has 8 nitrogen and oxygen atoms in total. The van der Waals surface area contributed by atoms with Gasteiger partial charge in [-0.3, -0.25) is 0 Å². The predicted molar refractivity (Wildman–Crippen MR) is 123 cm³/mol. The lowest BCUT2D eigenvalue weighted by atomic mass is 10.1. The van der Waals surface area contributed by atoms with Crippen molar-refractivity contribution in [3.05, 3.63) is 41.3 Å². The third-order valence-electron chi connectivity index (χ3n) is 5.13. The van der Waals surface area contributed by atoms with Gasteiger partial charge < -0.3 is 16.0 Å². The van der Waals surface area contributed by atoms with Gasteiger partial charge in [0.2, 0.25) is 0 Å². The van der Waals surface area contributed by atoms with Crippen LogP contribution in [-0.2, 0) is 0 Å². The van der Waals surface area contributed by atoms with Crippen LogP contribution in [0.3, 0.4) is 0 Å². The number of urea groups is 1. The Bertz CT molecular complexity index is 1090. The molecular formula is C23H31N7O. The minimum atomic E-state index is -0.267. The fourth-order valence-corrected chi connectivity index (χ4v) is 3.46. The van der Waals surface area contributed by atoms with E-state index >= 15 is 0 Å². The molecule has 0 aliphatic heterocycles. The fraction of sp³-hybridized carbons (Fsp3) is 0.478. The summed E-state index contributed by atoms with van der Waals surface area (Å²) in [6, 6.07) is 8.10. The monoisotopic (exact) mass is 421 g/mol. The van der Waals surface area contributed by atoms with Gasteiger partial charge in [0.25, 0.3) is 0 Å². The first-order chi connectivity index (χ1) is 14.7. The Morgan fingerprint density at radius 1 is 1.10 bits per heavy atom. The molecule has 0 bridgehead atoms. The van der Waals surface area contributed by atoms with Gasteiger partial charge in [0.1, 0.15) is 11.6 Å². The van der Waals surface area contributed by atoms with Gasteiger partial charge >= 0.3 is 6.03 Å². The number of fused-ring (bicyclic) bond motifs is 1. The highest BCUT2D eigenvalue weighted by molar-refractivity contribution is 5.90. The van der Waals surface area contributed by atoms with E-state index in [0.29, 0.717) is 19.0 Å². The molecule has 2 amide bonds. The van der Waals surface area contributed by atoms with Crippen LogP contribution >= 0.6 is 0 Å². The van der Waals surface area contributed by atoms with Crippen LogP contribution in [0.1, 0.15) is 56.6 Å². The Morgan fingerprint density at radius 2 is 1.81 bits per heavy atom. The van der Waals surface area contributed by atoms with Crippen LogP contribution in [0.2, 0.25) is 0 Å². The molecule has 1 saturated carbocycles. The van der Waals surface area contributed by atoms with Gasteiger partial charge in [-0.25, -0.2) is 19.4 Å². The van der Waals surface area contributed by atoms with Crippen LogP contribution in [0, 0.1) is 13.8 Å². The molecule has 1 aliphatic carbocycles. The van der Waals surface area contributed by atoms with Crippen molar-refractivity contribution in [3.8, 4) is 5.69 Å². The van der Waals surface area contributed by atoms with Crippen molar-refractivity contribution >= 4 is 22.9 Å². The minimum absolute atomic E-state index is 0.177. The van der Waals surface area contributed by atoms with Crippen molar-refractivity contribution < 1.29 is 4.79 Å². The second-order valence-electron chi connectivity index (χ2n) is 9.29. The average molecular weight is 422 g/mol. The molecule has 3 N–H and O–H groups in total. The Hall–Kier alpha value is -3.16. The Kier molecular flexibility index (Phi) is 5.56. The molecular weight excluding hydrogens is 390 g/mol. The zero-order chi connectivity index (χ0) is 22.2. The summed E-state index contributed by atoms with van der Waals surface area (Å²) in [6.45, 7) is 11.0. The zero-order valence-electron chi connectivity index (χ0n) is 18.9. The molecule has 3 aromatic rings. The fourth-order valence-electron chi connectivity index (χ4n) is 3.46. The van der Waals surface area contributed by atoms with Crippen molar-refractivity contribution in [1.29, 1.82) is 0 Å². The molecule has 1 fully saturated rings. The number of hydrogen-bond donors (Lipinski definition) is 3. The third kappa shape index (κ3) is 4.95.